The molecule has 0 amide bonds. The van der Waals surface area contributed by atoms with Gasteiger partial charge >= 0.3 is 11.2 Å². The van der Waals surface area contributed by atoms with Crippen LogP contribution in [0.15, 0.2) is 76.6 Å². The summed E-state index contributed by atoms with van der Waals surface area (Å²) in [6, 6.07) is 19.3. The van der Waals surface area contributed by atoms with E-state index < -0.39 is 0 Å². The second kappa shape index (κ2) is 6.48. The van der Waals surface area contributed by atoms with Crippen molar-refractivity contribution in [1.29, 1.82) is 0 Å². The summed E-state index contributed by atoms with van der Waals surface area (Å²) in [5.74, 6) is 0. The number of hydrogen-bond acceptors (Lipinski definition) is 2. The van der Waals surface area contributed by atoms with Gasteiger partial charge in [0.2, 0.25) is 5.52 Å². The van der Waals surface area contributed by atoms with Gasteiger partial charge in [-0.3, -0.25) is 9.78 Å². The normalized spacial score (nSPS) is 11.1. The van der Waals surface area contributed by atoms with Crippen LogP contribution in [0.25, 0.3) is 16.9 Å². The third kappa shape index (κ3) is 2.56. The van der Waals surface area contributed by atoms with Crippen molar-refractivity contribution in [2.75, 3.05) is 0 Å². The Morgan fingerprint density at radius 2 is 1.62 bits per heavy atom. The molecule has 0 aliphatic heterocycles. The van der Waals surface area contributed by atoms with Crippen LogP contribution in [-0.2, 0) is 13.1 Å². The van der Waals surface area contributed by atoms with Crippen molar-refractivity contribution in [3.05, 3.63) is 93.4 Å². The smallest absolute Gasteiger partial charge is 0.269 e. The van der Waals surface area contributed by atoms with Crippen LogP contribution in [0.5, 0.6) is 0 Å². The third-order valence-corrected chi connectivity index (χ3v) is 4.48. The monoisotopic (exact) mass is 347 g/mol. The van der Waals surface area contributed by atoms with E-state index in [-0.39, 0.29) is 11.2 Å². The third-order valence-electron chi connectivity index (χ3n) is 4.48. The summed E-state index contributed by atoms with van der Waals surface area (Å²) in [5.41, 5.74) is 2.17. The Balaban J connectivity index is 2.05. The van der Waals surface area contributed by atoms with Gasteiger partial charge in [-0.05, 0) is 24.6 Å². The molecule has 0 spiro atoms. The molecule has 0 atom stereocenters. The minimum atomic E-state index is -0.336. The summed E-state index contributed by atoms with van der Waals surface area (Å²) < 4.78 is 4.75. The molecule has 2 aromatic heterocycles. The summed E-state index contributed by atoms with van der Waals surface area (Å²) in [4.78, 5) is 28.8. The van der Waals surface area contributed by atoms with Gasteiger partial charge in [0.25, 0.3) is 5.65 Å². The number of para-hydroxylation sites is 1. The number of H-pyrrole nitrogens is 1. The first-order chi connectivity index (χ1) is 12.7. The largest absolute Gasteiger partial charge is 0.394 e. The van der Waals surface area contributed by atoms with Crippen LogP contribution in [0.2, 0.25) is 0 Å². The fourth-order valence-electron chi connectivity index (χ4n) is 3.23. The maximum Gasteiger partial charge on any atom is 0.394 e. The van der Waals surface area contributed by atoms with Crippen molar-refractivity contribution in [2.24, 2.45) is 0 Å². The predicted molar refractivity (Wildman–Crippen MR) is 99.6 cm³/mol. The molecule has 0 aliphatic carbocycles. The van der Waals surface area contributed by atoms with Crippen LogP contribution in [-0.4, -0.2) is 14.1 Å². The van der Waals surface area contributed by atoms with E-state index in [1.54, 1.807) is 17.8 Å². The molecule has 2 heterocycles. The summed E-state index contributed by atoms with van der Waals surface area (Å²) in [6.45, 7) is 2.67. The Bertz CT molecular complexity index is 1170. The Kier molecular flexibility index (Phi) is 4.01. The highest BCUT2D eigenvalue weighted by Gasteiger charge is 2.24. The molecule has 0 radical (unpaired) electrons. The first kappa shape index (κ1) is 16.1. The van der Waals surface area contributed by atoms with E-state index >= 15 is 0 Å². The van der Waals surface area contributed by atoms with E-state index in [1.165, 1.54) is 4.57 Å². The molecule has 0 saturated carbocycles. The number of hydrogen-bond donors (Lipinski definition) is 1. The summed E-state index contributed by atoms with van der Waals surface area (Å²) >= 11 is 0. The number of nitrogens with zero attached hydrogens (tertiary/aromatic N) is 3. The SMILES string of the molecule is CCn1c(=O)c2[nH]c[n+](Cc3ccccc3)c2n(-c2ccccc2)c1=O. The van der Waals surface area contributed by atoms with E-state index in [0.29, 0.717) is 24.3 Å². The lowest BCUT2D eigenvalue weighted by molar-refractivity contribution is -0.664. The molecule has 0 fully saturated rings. The minimum Gasteiger partial charge on any atom is -0.269 e. The molecule has 26 heavy (non-hydrogen) atoms. The van der Waals surface area contributed by atoms with Gasteiger partial charge in [0.1, 0.15) is 5.69 Å². The van der Waals surface area contributed by atoms with Crippen molar-refractivity contribution in [3.8, 4) is 5.69 Å². The maximum absolute atomic E-state index is 13.0. The number of aromatic amines is 1. The molecule has 0 bridgehead atoms. The van der Waals surface area contributed by atoms with Crippen LogP contribution in [0, 0.1) is 0 Å². The van der Waals surface area contributed by atoms with Crippen LogP contribution < -0.4 is 15.8 Å². The van der Waals surface area contributed by atoms with Gasteiger partial charge in [-0.1, -0.05) is 48.5 Å². The first-order valence-electron chi connectivity index (χ1n) is 8.56. The number of aromatic nitrogens is 4. The lowest BCUT2D eigenvalue weighted by Crippen LogP contribution is -2.44. The van der Waals surface area contributed by atoms with E-state index in [2.05, 4.69) is 4.98 Å². The van der Waals surface area contributed by atoms with Gasteiger partial charge in [0, 0.05) is 6.54 Å². The molecule has 6 nitrogen and oxygen atoms in total. The highest BCUT2D eigenvalue weighted by Crippen LogP contribution is 2.10. The molecule has 4 aromatic rings. The summed E-state index contributed by atoms with van der Waals surface area (Å²) in [7, 11) is 0. The lowest BCUT2D eigenvalue weighted by atomic mass is 10.2. The van der Waals surface area contributed by atoms with Gasteiger partial charge in [0.05, 0.1) is 6.54 Å². The zero-order valence-corrected chi connectivity index (χ0v) is 14.4. The molecule has 0 unspecified atom stereocenters. The Morgan fingerprint density at radius 1 is 0.962 bits per heavy atom. The molecule has 130 valence electrons. The number of benzene rings is 2. The summed E-state index contributed by atoms with van der Waals surface area (Å²) in [6.07, 6.45) is 1.75. The molecule has 4 rings (SSSR count). The second-order valence-corrected chi connectivity index (χ2v) is 6.09. The molecular weight excluding hydrogens is 328 g/mol. The molecule has 2 aromatic carbocycles. The van der Waals surface area contributed by atoms with Gasteiger partial charge < -0.3 is 0 Å². The van der Waals surface area contributed by atoms with Crippen LogP contribution in [0.3, 0.4) is 0 Å². The highest BCUT2D eigenvalue weighted by molar-refractivity contribution is 5.68. The van der Waals surface area contributed by atoms with Crippen molar-refractivity contribution in [3.63, 3.8) is 0 Å². The molecular formula is C20H19N4O2+. The lowest BCUT2D eigenvalue weighted by Gasteiger charge is -2.08. The van der Waals surface area contributed by atoms with Gasteiger partial charge in [-0.2, -0.15) is 4.57 Å². The van der Waals surface area contributed by atoms with Gasteiger partial charge in [0.15, 0.2) is 6.33 Å². The van der Waals surface area contributed by atoms with Crippen molar-refractivity contribution in [2.45, 2.75) is 20.0 Å². The number of fused-ring (bicyclic) bond motifs is 1. The highest BCUT2D eigenvalue weighted by atomic mass is 16.2. The first-order valence-corrected chi connectivity index (χ1v) is 8.56. The average molecular weight is 347 g/mol. The standard InChI is InChI=1S/C20H18N4O2/c1-2-23-19(25)17-18(24(20(23)26)16-11-7-4-8-12-16)22(14-21-17)13-15-9-5-3-6-10-15/h3-12,14H,2,13H2,1H3/p+1. The van der Waals surface area contributed by atoms with Crippen LogP contribution in [0.1, 0.15) is 12.5 Å². The van der Waals surface area contributed by atoms with E-state index in [1.807, 2.05) is 65.2 Å². The quantitative estimate of drug-likeness (QED) is 0.573. The number of rotatable bonds is 4. The van der Waals surface area contributed by atoms with Crippen molar-refractivity contribution in [1.82, 2.24) is 14.1 Å². The van der Waals surface area contributed by atoms with Gasteiger partial charge in [-0.15, -0.1) is 0 Å². The zero-order valence-electron chi connectivity index (χ0n) is 14.4. The topological polar surface area (TPSA) is 63.7 Å². The fraction of sp³-hybridized carbons (Fsp3) is 0.150. The van der Waals surface area contributed by atoms with E-state index in [0.717, 1.165) is 11.3 Å². The van der Waals surface area contributed by atoms with Crippen LogP contribution >= 0.6 is 0 Å². The van der Waals surface area contributed by atoms with Crippen molar-refractivity contribution < 1.29 is 4.57 Å². The number of nitrogens with one attached hydrogen (secondary N) is 1. The molecule has 1 N–H and O–H groups in total. The van der Waals surface area contributed by atoms with Crippen LogP contribution in [0.4, 0.5) is 0 Å². The Morgan fingerprint density at radius 3 is 2.27 bits per heavy atom. The summed E-state index contributed by atoms with van der Waals surface area (Å²) in [5, 5.41) is 0. The fourth-order valence-corrected chi connectivity index (χ4v) is 3.23. The Hall–Kier alpha value is -3.41. The average Bonchev–Trinajstić information content (AvgIpc) is 3.08. The predicted octanol–water partition coefficient (Wildman–Crippen LogP) is 1.84. The Labute approximate surface area is 149 Å². The van der Waals surface area contributed by atoms with E-state index in [9.17, 15) is 9.59 Å². The van der Waals surface area contributed by atoms with Crippen molar-refractivity contribution >= 4 is 11.2 Å². The molecule has 0 saturated heterocycles. The van der Waals surface area contributed by atoms with Gasteiger partial charge in [-0.25, -0.2) is 13.9 Å². The number of imidazole rings is 1. The second-order valence-electron chi connectivity index (χ2n) is 6.09. The minimum absolute atomic E-state index is 0.300. The molecule has 0 aliphatic rings. The van der Waals surface area contributed by atoms with E-state index in [4.69, 9.17) is 0 Å². The zero-order chi connectivity index (χ0) is 18.1. The maximum atomic E-state index is 13.0. The molecule has 6 heteroatoms.